The van der Waals surface area contributed by atoms with E-state index in [9.17, 15) is 0 Å². The summed E-state index contributed by atoms with van der Waals surface area (Å²) < 4.78 is 1.99. The summed E-state index contributed by atoms with van der Waals surface area (Å²) in [6, 6.07) is 9.49. The molecule has 0 amide bonds. The van der Waals surface area contributed by atoms with Crippen LogP contribution in [0.2, 0.25) is 10.0 Å². The highest BCUT2D eigenvalue weighted by molar-refractivity contribution is 6.39. The maximum atomic E-state index is 6.10. The van der Waals surface area contributed by atoms with Gasteiger partial charge in [-0.1, -0.05) is 29.3 Å². The maximum absolute atomic E-state index is 6.10. The lowest BCUT2D eigenvalue weighted by Crippen LogP contribution is -1.90. The van der Waals surface area contributed by atoms with Gasteiger partial charge in [0.05, 0.1) is 15.7 Å². The van der Waals surface area contributed by atoms with Crippen molar-refractivity contribution in [2.45, 2.75) is 0 Å². The van der Waals surface area contributed by atoms with Gasteiger partial charge >= 0.3 is 0 Å². The summed E-state index contributed by atoms with van der Waals surface area (Å²) in [5, 5.41) is 1.36. The zero-order chi connectivity index (χ0) is 10.1. The number of nitrogens with zero attached hydrogens (tertiary/aromatic N) is 1. The highest BCUT2D eigenvalue weighted by atomic mass is 35.5. The van der Waals surface area contributed by atoms with Crippen LogP contribution in [-0.2, 0) is 7.05 Å². The van der Waals surface area contributed by atoms with Gasteiger partial charge in [0.2, 0.25) is 0 Å². The summed E-state index contributed by atoms with van der Waals surface area (Å²) in [6.07, 6.45) is 1.97. The number of halogens is 2. The van der Waals surface area contributed by atoms with E-state index in [0.717, 1.165) is 11.3 Å². The molecule has 1 aromatic heterocycles. The molecule has 0 unspecified atom stereocenters. The minimum Gasteiger partial charge on any atom is -0.350 e. The molecule has 72 valence electrons. The van der Waals surface area contributed by atoms with E-state index in [-0.39, 0.29) is 0 Å². The van der Waals surface area contributed by atoms with Gasteiger partial charge in [-0.3, -0.25) is 0 Å². The van der Waals surface area contributed by atoms with Crippen LogP contribution in [0.15, 0.2) is 36.5 Å². The highest BCUT2D eigenvalue weighted by Gasteiger charge is 2.09. The van der Waals surface area contributed by atoms with Crippen molar-refractivity contribution in [3.05, 3.63) is 46.6 Å². The van der Waals surface area contributed by atoms with E-state index in [1.165, 1.54) is 0 Å². The van der Waals surface area contributed by atoms with Crippen LogP contribution in [0.25, 0.3) is 11.3 Å². The zero-order valence-electron chi connectivity index (χ0n) is 7.67. The first-order valence-electron chi connectivity index (χ1n) is 4.26. The molecule has 0 saturated carbocycles. The van der Waals surface area contributed by atoms with Gasteiger partial charge in [-0.25, -0.2) is 0 Å². The quantitative estimate of drug-likeness (QED) is 0.692. The Bertz CT molecular complexity index is 440. The maximum Gasteiger partial charge on any atom is 0.0514 e. The molecule has 2 rings (SSSR count). The molecule has 3 heteroatoms. The predicted octanol–water partition coefficient (Wildman–Crippen LogP) is 4.00. The Kier molecular flexibility index (Phi) is 2.53. The second-order valence-corrected chi connectivity index (χ2v) is 3.92. The van der Waals surface area contributed by atoms with Gasteiger partial charge in [0.15, 0.2) is 0 Å². The molecule has 1 aromatic carbocycles. The summed E-state index contributed by atoms with van der Waals surface area (Å²) in [4.78, 5) is 0. The number of rotatable bonds is 1. The molecule has 0 aliphatic heterocycles. The molecule has 0 N–H and O–H groups in total. The highest BCUT2D eigenvalue weighted by Crippen LogP contribution is 2.34. The fraction of sp³-hybridized carbons (Fsp3) is 0.0909. The van der Waals surface area contributed by atoms with Gasteiger partial charge in [-0.05, 0) is 24.3 Å². The lowest BCUT2D eigenvalue weighted by atomic mass is 10.1. The minimum absolute atomic E-state index is 0.680. The van der Waals surface area contributed by atoms with Crippen LogP contribution in [0.4, 0.5) is 0 Å². The van der Waals surface area contributed by atoms with Gasteiger partial charge in [-0.2, -0.15) is 0 Å². The van der Waals surface area contributed by atoms with E-state index in [2.05, 4.69) is 0 Å². The molecule has 0 atom stereocenters. The van der Waals surface area contributed by atoms with Crippen LogP contribution in [0.1, 0.15) is 0 Å². The number of aromatic nitrogens is 1. The van der Waals surface area contributed by atoms with E-state index in [4.69, 9.17) is 23.2 Å². The van der Waals surface area contributed by atoms with E-state index < -0.39 is 0 Å². The Balaban J connectivity index is 2.68. The Morgan fingerprint density at radius 1 is 1.00 bits per heavy atom. The van der Waals surface area contributed by atoms with Crippen molar-refractivity contribution in [2.75, 3.05) is 0 Å². The lowest BCUT2D eigenvalue weighted by Gasteiger charge is -2.07. The molecule has 1 heterocycles. The van der Waals surface area contributed by atoms with Crippen molar-refractivity contribution in [1.82, 2.24) is 4.57 Å². The molecule has 0 aliphatic carbocycles. The second kappa shape index (κ2) is 3.68. The molecular formula is C11H9Cl2N. The Morgan fingerprint density at radius 2 is 1.64 bits per heavy atom. The summed E-state index contributed by atoms with van der Waals surface area (Å²) in [5.74, 6) is 0. The summed E-state index contributed by atoms with van der Waals surface area (Å²) >= 11 is 12.2. The van der Waals surface area contributed by atoms with E-state index >= 15 is 0 Å². The van der Waals surface area contributed by atoms with Crippen LogP contribution < -0.4 is 0 Å². The first-order chi connectivity index (χ1) is 6.70. The SMILES string of the molecule is Cn1cccc1-c1c(Cl)cccc1Cl. The van der Waals surface area contributed by atoms with Crippen LogP contribution in [0.3, 0.4) is 0 Å². The average molecular weight is 226 g/mol. The van der Waals surface area contributed by atoms with Crippen molar-refractivity contribution in [3.63, 3.8) is 0 Å². The third kappa shape index (κ3) is 1.54. The standard InChI is InChI=1S/C11H9Cl2N/c1-14-7-3-6-10(14)11-8(12)4-2-5-9(11)13/h2-7H,1H3. The third-order valence-electron chi connectivity index (χ3n) is 2.16. The van der Waals surface area contributed by atoms with E-state index in [1.807, 2.05) is 48.1 Å². The summed E-state index contributed by atoms with van der Waals surface area (Å²) in [7, 11) is 1.97. The fourth-order valence-electron chi connectivity index (χ4n) is 1.46. The number of benzene rings is 1. The number of aryl methyl sites for hydroxylation is 1. The van der Waals surface area contributed by atoms with E-state index in [1.54, 1.807) is 0 Å². The average Bonchev–Trinajstić information content (AvgIpc) is 2.52. The van der Waals surface area contributed by atoms with Crippen LogP contribution in [0, 0.1) is 0 Å². The number of hydrogen-bond acceptors (Lipinski definition) is 0. The van der Waals surface area contributed by atoms with E-state index in [0.29, 0.717) is 10.0 Å². The van der Waals surface area contributed by atoms with Crippen molar-refractivity contribution in [1.29, 1.82) is 0 Å². The second-order valence-electron chi connectivity index (χ2n) is 3.10. The molecule has 2 aromatic rings. The van der Waals surface area contributed by atoms with Crippen molar-refractivity contribution < 1.29 is 0 Å². The molecule has 0 spiro atoms. The van der Waals surface area contributed by atoms with Crippen LogP contribution in [-0.4, -0.2) is 4.57 Å². The van der Waals surface area contributed by atoms with Crippen molar-refractivity contribution >= 4 is 23.2 Å². The number of hydrogen-bond donors (Lipinski definition) is 0. The molecule has 1 nitrogen and oxygen atoms in total. The molecule has 0 bridgehead atoms. The summed E-state index contributed by atoms with van der Waals surface area (Å²) in [6.45, 7) is 0. The molecule has 0 aliphatic rings. The Hall–Kier alpha value is -0.920. The predicted molar refractivity (Wildman–Crippen MR) is 60.9 cm³/mol. The molecule has 14 heavy (non-hydrogen) atoms. The topological polar surface area (TPSA) is 4.93 Å². The Morgan fingerprint density at radius 3 is 2.14 bits per heavy atom. The first-order valence-corrected chi connectivity index (χ1v) is 5.01. The summed E-state index contributed by atoms with van der Waals surface area (Å²) in [5.41, 5.74) is 1.92. The van der Waals surface area contributed by atoms with Gasteiger partial charge in [0.25, 0.3) is 0 Å². The first kappa shape index (κ1) is 9.63. The minimum atomic E-state index is 0.680. The molecule has 0 radical (unpaired) electrons. The lowest BCUT2D eigenvalue weighted by molar-refractivity contribution is 0.937. The molecule has 0 fully saturated rings. The van der Waals surface area contributed by atoms with Gasteiger partial charge in [0, 0.05) is 18.8 Å². The Labute approximate surface area is 92.9 Å². The van der Waals surface area contributed by atoms with Crippen molar-refractivity contribution in [2.24, 2.45) is 7.05 Å². The van der Waals surface area contributed by atoms with Crippen LogP contribution in [0.5, 0.6) is 0 Å². The van der Waals surface area contributed by atoms with Gasteiger partial charge in [0.1, 0.15) is 0 Å². The third-order valence-corrected chi connectivity index (χ3v) is 2.79. The molecule has 0 saturated heterocycles. The van der Waals surface area contributed by atoms with Crippen molar-refractivity contribution in [3.8, 4) is 11.3 Å². The zero-order valence-corrected chi connectivity index (χ0v) is 9.18. The monoisotopic (exact) mass is 225 g/mol. The van der Waals surface area contributed by atoms with Gasteiger partial charge < -0.3 is 4.57 Å². The largest absolute Gasteiger partial charge is 0.350 e. The normalized spacial score (nSPS) is 10.5. The van der Waals surface area contributed by atoms with Crippen LogP contribution >= 0.6 is 23.2 Å². The molecular weight excluding hydrogens is 217 g/mol. The fourth-order valence-corrected chi connectivity index (χ4v) is 2.05. The smallest absolute Gasteiger partial charge is 0.0514 e. The van der Waals surface area contributed by atoms with Gasteiger partial charge in [-0.15, -0.1) is 0 Å².